The van der Waals surface area contributed by atoms with E-state index in [4.69, 9.17) is 0 Å². The summed E-state index contributed by atoms with van der Waals surface area (Å²) >= 11 is 0. The molecule has 0 aromatic carbocycles. The molecular weight excluding hydrogens is 148 g/mol. The Bertz CT molecular complexity index is 152. The van der Waals surface area contributed by atoms with Gasteiger partial charge in [-0.2, -0.15) is 0 Å². The van der Waals surface area contributed by atoms with Crippen LogP contribution >= 0.6 is 0 Å². The number of allylic oxidation sites excluding steroid dienone is 1. The van der Waals surface area contributed by atoms with Crippen molar-refractivity contribution < 1.29 is 5.11 Å². The SMILES string of the molecule is CC(=CC1CCCCC1)C(C)O. The van der Waals surface area contributed by atoms with Gasteiger partial charge in [0.15, 0.2) is 0 Å². The van der Waals surface area contributed by atoms with Gasteiger partial charge >= 0.3 is 0 Å². The average Bonchev–Trinajstić information content (AvgIpc) is 2.06. The second kappa shape index (κ2) is 4.66. The van der Waals surface area contributed by atoms with E-state index in [1.165, 1.54) is 32.1 Å². The first-order valence-electron chi connectivity index (χ1n) is 5.06. The van der Waals surface area contributed by atoms with Gasteiger partial charge in [-0.25, -0.2) is 0 Å². The minimum absolute atomic E-state index is 0.257. The van der Waals surface area contributed by atoms with Gasteiger partial charge in [0.25, 0.3) is 0 Å². The molecule has 1 heteroatoms. The van der Waals surface area contributed by atoms with E-state index in [0.29, 0.717) is 0 Å². The number of hydrogen-bond acceptors (Lipinski definition) is 1. The first-order chi connectivity index (χ1) is 5.70. The fraction of sp³-hybridized carbons (Fsp3) is 0.818. The Morgan fingerprint density at radius 3 is 2.42 bits per heavy atom. The third-order valence-corrected chi connectivity index (χ3v) is 2.81. The van der Waals surface area contributed by atoms with E-state index < -0.39 is 0 Å². The maximum absolute atomic E-state index is 9.28. The molecule has 1 fully saturated rings. The van der Waals surface area contributed by atoms with Crippen LogP contribution in [0, 0.1) is 5.92 Å². The van der Waals surface area contributed by atoms with Crippen molar-refractivity contribution in [3.8, 4) is 0 Å². The van der Waals surface area contributed by atoms with Gasteiger partial charge in [-0.1, -0.05) is 25.3 Å². The van der Waals surface area contributed by atoms with Crippen LogP contribution < -0.4 is 0 Å². The highest BCUT2D eigenvalue weighted by molar-refractivity contribution is 5.05. The number of hydrogen-bond donors (Lipinski definition) is 1. The molecule has 0 aromatic rings. The van der Waals surface area contributed by atoms with Crippen molar-refractivity contribution in [1.29, 1.82) is 0 Å². The summed E-state index contributed by atoms with van der Waals surface area (Å²) in [5, 5.41) is 9.28. The van der Waals surface area contributed by atoms with Gasteiger partial charge in [0, 0.05) is 0 Å². The topological polar surface area (TPSA) is 20.2 Å². The minimum Gasteiger partial charge on any atom is -0.389 e. The summed E-state index contributed by atoms with van der Waals surface area (Å²) in [6.45, 7) is 3.87. The van der Waals surface area contributed by atoms with Crippen LogP contribution in [0.5, 0.6) is 0 Å². The van der Waals surface area contributed by atoms with Crippen LogP contribution in [0.4, 0.5) is 0 Å². The minimum atomic E-state index is -0.257. The Balaban J connectivity index is 2.41. The zero-order valence-electron chi connectivity index (χ0n) is 8.21. The summed E-state index contributed by atoms with van der Waals surface area (Å²) in [4.78, 5) is 0. The molecule has 1 aliphatic carbocycles. The van der Waals surface area contributed by atoms with Crippen LogP contribution in [0.25, 0.3) is 0 Å². The van der Waals surface area contributed by atoms with Crippen LogP contribution in [-0.2, 0) is 0 Å². The summed E-state index contributed by atoms with van der Waals surface area (Å²) in [6.07, 6.45) is 8.80. The van der Waals surface area contributed by atoms with Gasteiger partial charge in [-0.05, 0) is 38.2 Å². The number of aliphatic hydroxyl groups is 1. The lowest BCUT2D eigenvalue weighted by atomic mass is 9.87. The molecular formula is C11H20O. The molecule has 0 radical (unpaired) electrons. The standard InChI is InChI=1S/C11H20O/c1-9(10(2)12)8-11-6-4-3-5-7-11/h8,10-12H,3-7H2,1-2H3. The summed E-state index contributed by atoms with van der Waals surface area (Å²) in [6, 6.07) is 0. The molecule has 0 saturated heterocycles. The van der Waals surface area contributed by atoms with Gasteiger partial charge < -0.3 is 5.11 Å². The zero-order chi connectivity index (χ0) is 8.97. The summed E-state index contributed by atoms with van der Waals surface area (Å²) in [5.74, 6) is 0.744. The van der Waals surface area contributed by atoms with E-state index in [2.05, 4.69) is 6.08 Å². The normalized spacial score (nSPS) is 24.1. The van der Waals surface area contributed by atoms with Crippen molar-refractivity contribution in [2.45, 2.75) is 52.1 Å². The third-order valence-electron chi connectivity index (χ3n) is 2.81. The second-order valence-corrected chi connectivity index (χ2v) is 3.98. The average molecular weight is 168 g/mol. The molecule has 0 heterocycles. The van der Waals surface area contributed by atoms with Crippen LogP contribution in [-0.4, -0.2) is 11.2 Å². The summed E-state index contributed by atoms with van der Waals surface area (Å²) < 4.78 is 0. The molecule has 12 heavy (non-hydrogen) atoms. The number of rotatable bonds is 2. The van der Waals surface area contributed by atoms with E-state index in [1.807, 2.05) is 13.8 Å². The molecule has 0 spiro atoms. The fourth-order valence-electron chi connectivity index (χ4n) is 1.81. The third kappa shape index (κ3) is 2.98. The van der Waals surface area contributed by atoms with E-state index in [-0.39, 0.29) is 6.10 Å². The van der Waals surface area contributed by atoms with Crippen molar-refractivity contribution in [3.63, 3.8) is 0 Å². The first-order valence-corrected chi connectivity index (χ1v) is 5.06. The quantitative estimate of drug-likeness (QED) is 0.629. The molecule has 1 nitrogen and oxygen atoms in total. The first kappa shape index (κ1) is 9.79. The molecule has 0 amide bonds. The maximum Gasteiger partial charge on any atom is 0.0719 e. The Morgan fingerprint density at radius 2 is 1.92 bits per heavy atom. The molecule has 1 unspecified atom stereocenters. The van der Waals surface area contributed by atoms with E-state index in [9.17, 15) is 5.11 Å². The second-order valence-electron chi connectivity index (χ2n) is 3.98. The smallest absolute Gasteiger partial charge is 0.0719 e. The van der Waals surface area contributed by atoms with Crippen molar-refractivity contribution >= 4 is 0 Å². The largest absolute Gasteiger partial charge is 0.389 e. The van der Waals surface area contributed by atoms with Crippen molar-refractivity contribution in [3.05, 3.63) is 11.6 Å². The van der Waals surface area contributed by atoms with Crippen molar-refractivity contribution in [2.24, 2.45) is 5.92 Å². The lowest BCUT2D eigenvalue weighted by Crippen LogP contribution is -2.07. The lowest BCUT2D eigenvalue weighted by molar-refractivity contribution is 0.229. The van der Waals surface area contributed by atoms with Crippen molar-refractivity contribution in [1.82, 2.24) is 0 Å². The molecule has 1 rings (SSSR count). The lowest BCUT2D eigenvalue weighted by Gasteiger charge is -2.19. The Labute approximate surface area is 75.5 Å². The van der Waals surface area contributed by atoms with E-state index >= 15 is 0 Å². The molecule has 1 N–H and O–H groups in total. The van der Waals surface area contributed by atoms with Gasteiger partial charge in [-0.15, -0.1) is 0 Å². The van der Waals surface area contributed by atoms with Gasteiger partial charge in [0.05, 0.1) is 6.10 Å². The Hall–Kier alpha value is -0.300. The Morgan fingerprint density at radius 1 is 1.33 bits per heavy atom. The van der Waals surface area contributed by atoms with Crippen molar-refractivity contribution in [2.75, 3.05) is 0 Å². The maximum atomic E-state index is 9.28. The van der Waals surface area contributed by atoms with Crippen LogP contribution in [0.15, 0.2) is 11.6 Å². The van der Waals surface area contributed by atoms with Crippen LogP contribution in [0.1, 0.15) is 46.0 Å². The predicted octanol–water partition coefficient (Wildman–Crippen LogP) is 2.89. The molecule has 0 aliphatic heterocycles. The Kier molecular flexibility index (Phi) is 3.80. The number of aliphatic hydroxyl groups excluding tert-OH is 1. The molecule has 0 aromatic heterocycles. The van der Waals surface area contributed by atoms with Gasteiger partial charge in [0.2, 0.25) is 0 Å². The highest BCUT2D eigenvalue weighted by Gasteiger charge is 2.11. The molecule has 70 valence electrons. The fourth-order valence-corrected chi connectivity index (χ4v) is 1.81. The van der Waals surface area contributed by atoms with Crippen LogP contribution in [0.3, 0.4) is 0 Å². The monoisotopic (exact) mass is 168 g/mol. The van der Waals surface area contributed by atoms with Crippen LogP contribution in [0.2, 0.25) is 0 Å². The highest BCUT2D eigenvalue weighted by Crippen LogP contribution is 2.25. The molecule has 1 aliphatic rings. The summed E-state index contributed by atoms with van der Waals surface area (Å²) in [7, 11) is 0. The molecule has 0 bridgehead atoms. The van der Waals surface area contributed by atoms with E-state index in [1.54, 1.807) is 0 Å². The highest BCUT2D eigenvalue weighted by atomic mass is 16.3. The van der Waals surface area contributed by atoms with E-state index in [0.717, 1.165) is 11.5 Å². The summed E-state index contributed by atoms with van der Waals surface area (Å²) in [5.41, 5.74) is 1.14. The molecule has 1 saturated carbocycles. The van der Waals surface area contributed by atoms with Gasteiger partial charge in [0.1, 0.15) is 0 Å². The van der Waals surface area contributed by atoms with Gasteiger partial charge in [-0.3, -0.25) is 0 Å². The molecule has 1 atom stereocenters. The zero-order valence-corrected chi connectivity index (χ0v) is 8.21. The predicted molar refractivity (Wildman–Crippen MR) is 52.0 cm³/mol.